The molecule has 5 nitrogen and oxygen atoms in total. The zero-order chi connectivity index (χ0) is 15.5. The second kappa shape index (κ2) is 6.32. The molecule has 2 atom stereocenters. The SMILES string of the molecule is Cn1ccc(C(O)C2CCCN(C(=O)c3ccccc3)C2)n1. The zero-order valence-corrected chi connectivity index (χ0v) is 12.7. The van der Waals surface area contributed by atoms with E-state index < -0.39 is 6.10 Å². The largest absolute Gasteiger partial charge is 0.386 e. The number of benzene rings is 1. The van der Waals surface area contributed by atoms with Gasteiger partial charge in [-0.1, -0.05) is 18.2 Å². The minimum Gasteiger partial charge on any atom is -0.386 e. The molecule has 0 bridgehead atoms. The van der Waals surface area contributed by atoms with Gasteiger partial charge in [-0.25, -0.2) is 0 Å². The van der Waals surface area contributed by atoms with E-state index in [1.165, 1.54) is 0 Å². The van der Waals surface area contributed by atoms with Crippen molar-refractivity contribution in [3.05, 3.63) is 53.9 Å². The van der Waals surface area contributed by atoms with E-state index in [4.69, 9.17) is 0 Å². The maximum atomic E-state index is 12.5. The molecule has 0 radical (unpaired) electrons. The smallest absolute Gasteiger partial charge is 0.253 e. The number of aryl methyl sites for hydroxylation is 1. The Labute approximate surface area is 130 Å². The third-order valence-corrected chi connectivity index (χ3v) is 4.25. The van der Waals surface area contributed by atoms with Crippen LogP contribution in [0.4, 0.5) is 0 Å². The fraction of sp³-hybridized carbons (Fsp3) is 0.412. The summed E-state index contributed by atoms with van der Waals surface area (Å²) in [5.41, 5.74) is 1.39. The van der Waals surface area contributed by atoms with E-state index in [9.17, 15) is 9.90 Å². The van der Waals surface area contributed by atoms with Crippen molar-refractivity contribution in [1.29, 1.82) is 0 Å². The number of aromatic nitrogens is 2. The lowest BCUT2D eigenvalue weighted by Crippen LogP contribution is -2.41. The molecular weight excluding hydrogens is 278 g/mol. The van der Waals surface area contributed by atoms with Crippen molar-refractivity contribution < 1.29 is 9.90 Å². The molecule has 2 aromatic rings. The van der Waals surface area contributed by atoms with E-state index in [-0.39, 0.29) is 11.8 Å². The van der Waals surface area contributed by atoms with Crippen LogP contribution in [-0.2, 0) is 7.05 Å². The molecule has 1 aliphatic rings. The van der Waals surface area contributed by atoms with E-state index in [0.29, 0.717) is 17.8 Å². The molecule has 5 heteroatoms. The summed E-state index contributed by atoms with van der Waals surface area (Å²) in [5.74, 6) is 0.0785. The Kier molecular flexibility index (Phi) is 4.24. The lowest BCUT2D eigenvalue weighted by atomic mass is 9.90. The lowest BCUT2D eigenvalue weighted by Gasteiger charge is -2.34. The molecule has 1 aromatic carbocycles. The summed E-state index contributed by atoms with van der Waals surface area (Å²) in [7, 11) is 1.84. The summed E-state index contributed by atoms with van der Waals surface area (Å²) in [6, 6.07) is 11.2. The van der Waals surface area contributed by atoms with E-state index in [1.807, 2.05) is 54.5 Å². The molecule has 1 saturated heterocycles. The first-order valence-corrected chi connectivity index (χ1v) is 7.67. The Morgan fingerprint density at radius 3 is 2.77 bits per heavy atom. The number of carbonyl (C=O) groups excluding carboxylic acids is 1. The molecule has 1 amide bonds. The Morgan fingerprint density at radius 2 is 2.09 bits per heavy atom. The molecule has 1 aliphatic heterocycles. The van der Waals surface area contributed by atoms with Crippen LogP contribution in [0.15, 0.2) is 42.6 Å². The first-order chi connectivity index (χ1) is 10.6. The van der Waals surface area contributed by atoms with Crippen molar-refractivity contribution in [1.82, 2.24) is 14.7 Å². The van der Waals surface area contributed by atoms with Gasteiger partial charge in [0.1, 0.15) is 6.10 Å². The highest BCUT2D eigenvalue weighted by Crippen LogP contribution is 2.29. The van der Waals surface area contributed by atoms with E-state index >= 15 is 0 Å². The first-order valence-electron chi connectivity index (χ1n) is 7.67. The minimum absolute atomic E-state index is 0.0383. The third-order valence-electron chi connectivity index (χ3n) is 4.25. The molecule has 0 spiro atoms. The maximum absolute atomic E-state index is 12.5. The third kappa shape index (κ3) is 3.04. The minimum atomic E-state index is -0.618. The molecule has 1 aromatic heterocycles. The van der Waals surface area contributed by atoms with Crippen LogP contribution in [0.3, 0.4) is 0 Å². The van der Waals surface area contributed by atoms with Gasteiger partial charge in [0.05, 0.1) is 5.69 Å². The highest BCUT2D eigenvalue weighted by molar-refractivity contribution is 5.94. The van der Waals surface area contributed by atoms with Gasteiger partial charge in [0.2, 0.25) is 0 Å². The first kappa shape index (κ1) is 14.8. The summed E-state index contributed by atoms with van der Waals surface area (Å²) in [5, 5.41) is 14.8. The summed E-state index contributed by atoms with van der Waals surface area (Å²) in [6.07, 6.45) is 3.03. The number of carbonyl (C=O) groups is 1. The number of hydrogen-bond donors (Lipinski definition) is 1. The van der Waals surface area contributed by atoms with Gasteiger partial charge in [-0.05, 0) is 31.0 Å². The van der Waals surface area contributed by atoms with Crippen molar-refractivity contribution in [2.75, 3.05) is 13.1 Å². The van der Waals surface area contributed by atoms with E-state index in [0.717, 1.165) is 19.4 Å². The molecule has 3 rings (SSSR count). The lowest BCUT2D eigenvalue weighted by molar-refractivity contribution is 0.0384. The van der Waals surface area contributed by atoms with Crippen LogP contribution < -0.4 is 0 Å². The van der Waals surface area contributed by atoms with Gasteiger partial charge in [0, 0.05) is 37.8 Å². The number of rotatable bonds is 3. The number of aliphatic hydroxyl groups is 1. The molecule has 1 N–H and O–H groups in total. The van der Waals surface area contributed by atoms with Crippen molar-refractivity contribution in [2.45, 2.75) is 18.9 Å². The van der Waals surface area contributed by atoms with Crippen LogP contribution >= 0.6 is 0 Å². The topological polar surface area (TPSA) is 58.4 Å². The predicted molar refractivity (Wildman–Crippen MR) is 83.2 cm³/mol. The second-order valence-electron chi connectivity index (χ2n) is 5.88. The maximum Gasteiger partial charge on any atom is 0.253 e. The predicted octanol–water partition coefficient (Wildman–Crippen LogP) is 2.01. The van der Waals surface area contributed by atoms with Crippen LogP contribution in [-0.4, -0.2) is 38.8 Å². The van der Waals surface area contributed by atoms with Crippen LogP contribution in [0.25, 0.3) is 0 Å². The Hall–Kier alpha value is -2.14. The van der Waals surface area contributed by atoms with Crippen LogP contribution in [0.5, 0.6) is 0 Å². The number of piperidine rings is 1. The standard InChI is InChI=1S/C17H21N3O2/c1-19-11-9-15(18-19)16(21)14-8-5-10-20(12-14)17(22)13-6-3-2-4-7-13/h2-4,6-7,9,11,14,16,21H,5,8,10,12H2,1H3. The van der Waals surface area contributed by atoms with Gasteiger partial charge in [-0.3, -0.25) is 9.48 Å². The van der Waals surface area contributed by atoms with Crippen molar-refractivity contribution >= 4 is 5.91 Å². The summed E-state index contributed by atoms with van der Waals surface area (Å²) in [6.45, 7) is 1.32. The highest BCUT2D eigenvalue weighted by atomic mass is 16.3. The molecule has 116 valence electrons. The monoisotopic (exact) mass is 299 g/mol. The average molecular weight is 299 g/mol. The van der Waals surface area contributed by atoms with Crippen LogP contribution in [0, 0.1) is 5.92 Å². The summed E-state index contributed by atoms with van der Waals surface area (Å²) >= 11 is 0. The number of nitrogens with zero attached hydrogens (tertiary/aromatic N) is 3. The Bertz CT molecular complexity index is 638. The number of likely N-dealkylation sites (tertiary alicyclic amines) is 1. The van der Waals surface area contributed by atoms with Crippen molar-refractivity contribution in [3.8, 4) is 0 Å². The molecule has 22 heavy (non-hydrogen) atoms. The molecule has 1 fully saturated rings. The zero-order valence-electron chi connectivity index (χ0n) is 12.7. The summed E-state index contributed by atoms with van der Waals surface area (Å²) in [4.78, 5) is 14.4. The quantitative estimate of drug-likeness (QED) is 0.943. The summed E-state index contributed by atoms with van der Waals surface area (Å²) < 4.78 is 1.69. The van der Waals surface area contributed by atoms with Crippen molar-refractivity contribution in [3.63, 3.8) is 0 Å². The van der Waals surface area contributed by atoms with E-state index in [1.54, 1.807) is 4.68 Å². The van der Waals surface area contributed by atoms with Gasteiger partial charge < -0.3 is 10.0 Å². The molecular formula is C17H21N3O2. The second-order valence-corrected chi connectivity index (χ2v) is 5.88. The molecule has 0 aliphatic carbocycles. The fourth-order valence-electron chi connectivity index (χ4n) is 3.05. The van der Waals surface area contributed by atoms with Gasteiger partial charge in [-0.15, -0.1) is 0 Å². The Morgan fingerprint density at radius 1 is 1.32 bits per heavy atom. The fourth-order valence-corrected chi connectivity index (χ4v) is 3.05. The van der Waals surface area contributed by atoms with Crippen LogP contribution in [0.2, 0.25) is 0 Å². The van der Waals surface area contributed by atoms with Gasteiger partial charge >= 0.3 is 0 Å². The highest BCUT2D eigenvalue weighted by Gasteiger charge is 2.30. The molecule has 0 saturated carbocycles. The van der Waals surface area contributed by atoms with Crippen molar-refractivity contribution in [2.24, 2.45) is 13.0 Å². The van der Waals surface area contributed by atoms with Gasteiger partial charge in [-0.2, -0.15) is 5.10 Å². The normalized spacial score (nSPS) is 19.9. The molecule has 2 unspecified atom stereocenters. The number of aliphatic hydroxyl groups excluding tert-OH is 1. The van der Waals surface area contributed by atoms with Gasteiger partial charge in [0.15, 0.2) is 0 Å². The number of hydrogen-bond acceptors (Lipinski definition) is 3. The molecule has 2 heterocycles. The number of amides is 1. The average Bonchev–Trinajstić information content (AvgIpc) is 3.01. The Balaban J connectivity index is 1.70. The van der Waals surface area contributed by atoms with E-state index in [2.05, 4.69) is 5.10 Å². The van der Waals surface area contributed by atoms with Gasteiger partial charge in [0.25, 0.3) is 5.91 Å². The van der Waals surface area contributed by atoms with Crippen LogP contribution in [0.1, 0.15) is 35.0 Å².